The van der Waals surface area contributed by atoms with Gasteiger partial charge in [-0.1, -0.05) is 30.7 Å². The summed E-state index contributed by atoms with van der Waals surface area (Å²) < 4.78 is 7.44. The van der Waals surface area contributed by atoms with E-state index in [-0.39, 0.29) is 37.0 Å². The fraction of sp³-hybridized carbons (Fsp3) is 0.417. The first-order valence-corrected chi connectivity index (χ1v) is 12.3. The fourth-order valence-corrected chi connectivity index (χ4v) is 4.09. The number of H-pyrrole nitrogens is 1. The van der Waals surface area contributed by atoms with Crippen molar-refractivity contribution in [1.29, 1.82) is 0 Å². The SMILES string of the molecule is CC(C)C[C@H]1NC(=O)[C@H](Cc2cnc[nH]2)NC(=O)c2cc(Cl)ccc2OCCn2cc(nn2)CNC1=O. The maximum absolute atomic E-state index is 13.4. The van der Waals surface area contributed by atoms with Crippen LogP contribution in [0.2, 0.25) is 5.02 Å². The molecule has 1 aromatic carbocycles. The number of hydrogen-bond donors (Lipinski definition) is 4. The van der Waals surface area contributed by atoms with E-state index in [1.807, 2.05) is 13.8 Å². The molecule has 0 unspecified atom stereocenters. The first-order valence-electron chi connectivity index (χ1n) is 12.0. The Balaban J connectivity index is 1.67. The molecule has 0 fully saturated rings. The van der Waals surface area contributed by atoms with Gasteiger partial charge in [0.1, 0.15) is 30.1 Å². The average Bonchev–Trinajstić information content (AvgIpc) is 3.54. The number of benzene rings is 1. The number of rotatable bonds is 4. The molecule has 3 heterocycles. The van der Waals surface area contributed by atoms with Crippen LogP contribution in [0.15, 0.2) is 36.9 Å². The molecule has 2 atom stereocenters. The minimum absolute atomic E-state index is 0.123. The summed E-state index contributed by atoms with van der Waals surface area (Å²) in [6, 6.07) is 2.88. The highest BCUT2D eigenvalue weighted by atomic mass is 35.5. The van der Waals surface area contributed by atoms with Gasteiger partial charge < -0.3 is 25.7 Å². The van der Waals surface area contributed by atoms with Crippen LogP contribution >= 0.6 is 11.6 Å². The van der Waals surface area contributed by atoms with Gasteiger partial charge in [0.25, 0.3) is 5.91 Å². The van der Waals surface area contributed by atoms with E-state index >= 15 is 0 Å². The number of ether oxygens (including phenoxy) is 1. The van der Waals surface area contributed by atoms with Gasteiger partial charge in [-0.25, -0.2) is 9.67 Å². The number of hydrogen-bond acceptors (Lipinski definition) is 7. The Bertz CT molecular complexity index is 1240. The molecule has 3 aromatic rings. The summed E-state index contributed by atoms with van der Waals surface area (Å²) in [5.41, 5.74) is 1.38. The highest BCUT2D eigenvalue weighted by Crippen LogP contribution is 2.23. The summed E-state index contributed by atoms with van der Waals surface area (Å²) in [7, 11) is 0. The van der Waals surface area contributed by atoms with E-state index in [1.165, 1.54) is 12.4 Å². The number of carbonyl (C=O) groups is 3. The van der Waals surface area contributed by atoms with Gasteiger partial charge in [0.15, 0.2) is 0 Å². The molecule has 0 aliphatic carbocycles. The van der Waals surface area contributed by atoms with Gasteiger partial charge in [-0.15, -0.1) is 5.10 Å². The summed E-state index contributed by atoms with van der Waals surface area (Å²) in [4.78, 5) is 46.7. The van der Waals surface area contributed by atoms with E-state index in [1.54, 1.807) is 29.2 Å². The van der Waals surface area contributed by atoms with E-state index in [2.05, 4.69) is 36.2 Å². The Morgan fingerprint density at radius 3 is 2.76 bits per heavy atom. The zero-order chi connectivity index (χ0) is 26.4. The third-order valence-corrected chi connectivity index (χ3v) is 5.97. The fourth-order valence-electron chi connectivity index (χ4n) is 3.92. The topological polar surface area (TPSA) is 156 Å². The minimum atomic E-state index is -1.00. The van der Waals surface area contributed by atoms with E-state index in [0.29, 0.717) is 35.1 Å². The maximum Gasteiger partial charge on any atom is 0.255 e. The normalized spacial score (nSPS) is 19.3. The summed E-state index contributed by atoms with van der Waals surface area (Å²) in [5.74, 6) is -0.981. The van der Waals surface area contributed by atoms with E-state index in [9.17, 15) is 14.4 Å². The number of carbonyl (C=O) groups excluding carboxylic acids is 3. The number of imidazole rings is 1. The molecular formula is C24H29ClN8O4. The monoisotopic (exact) mass is 528 g/mol. The molecule has 37 heavy (non-hydrogen) atoms. The van der Waals surface area contributed by atoms with Gasteiger partial charge in [-0.05, 0) is 30.5 Å². The number of nitrogens with zero attached hydrogens (tertiary/aromatic N) is 4. The first-order chi connectivity index (χ1) is 17.8. The molecule has 12 nitrogen and oxygen atoms in total. The third-order valence-electron chi connectivity index (χ3n) is 5.73. The number of amides is 3. The highest BCUT2D eigenvalue weighted by molar-refractivity contribution is 6.31. The maximum atomic E-state index is 13.4. The van der Waals surface area contributed by atoms with Crippen molar-refractivity contribution in [3.63, 3.8) is 0 Å². The van der Waals surface area contributed by atoms with Crippen LogP contribution in [-0.2, 0) is 29.1 Å². The second-order valence-electron chi connectivity index (χ2n) is 9.18. The predicted octanol–water partition coefficient (Wildman–Crippen LogP) is 1.24. The Labute approximate surface area is 218 Å². The smallest absolute Gasteiger partial charge is 0.255 e. The average molecular weight is 529 g/mol. The molecule has 2 bridgehead atoms. The van der Waals surface area contributed by atoms with Crippen molar-refractivity contribution in [2.75, 3.05) is 6.61 Å². The lowest BCUT2D eigenvalue weighted by atomic mass is 10.0. The van der Waals surface area contributed by atoms with E-state index in [4.69, 9.17) is 16.3 Å². The first kappa shape index (κ1) is 26.1. The number of halogens is 1. The number of fused-ring (bicyclic) bond motifs is 3. The molecule has 196 valence electrons. The van der Waals surface area contributed by atoms with Crippen molar-refractivity contribution in [1.82, 2.24) is 40.9 Å². The summed E-state index contributed by atoms with van der Waals surface area (Å²) in [6.07, 6.45) is 5.30. The van der Waals surface area contributed by atoms with Crippen LogP contribution < -0.4 is 20.7 Å². The van der Waals surface area contributed by atoms with Crippen LogP contribution in [0.3, 0.4) is 0 Å². The lowest BCUT2D eigenvalue weighted by Gasteiger charge is -2.24. The summed E-state index contributed by atoms with van der Waals surface area (Å²) in [5, 5.41) is 16.9. The van der Waals surface area contributed by atoms with Crippen LogP contribution in [0, 0.1) is 5.92 Å². The van der Waals surface area contributed by atoms with Gasteiger partial charge in [0.2, 0.25) is 11.8 Å². The Morgan fingerprint density at radius 2 is 2.00 bits per heavy atom. The van der Waals surface area contributed by atoms with Crippen LogP contribution in [-0.4, -0.2) is 61.4 Å². The lowest BCUT2D eigenvalue weighted by Crippen LogP contribution is -2.54. The largest absolute Gasteiger partial charge is 0.491 e. The van der Waals surface area contributed by atoms with Gasteiger partial charge in [0, 0.05) is 23.3 Å². The lowest BCUT2D eigenvalue weighted by molar-refractivity contribution is -0.130. The molecule has 0 spiro atoms. The second kappa shape index (κ2) is 11.9. The molecule has 0 saturated heterocycles. The molecule has 1 aliphatic heterocycles. The van der Waals surface area contributed by atoms with Gasteiger partial charge in [-0.2, -0.15) is 0 Å². The molecule has 0 radical (unpaired) electrons. The molecule has 13 heteroatoms. The van der Waals surface area contributed by atoms with E-state index in [0.717, 1.165) is 0 Å². The highest BCUT2D eigenvalue weighted by Gasteiger charge is 2.29. The van der Waals surface area contributed by atoms with Crippen LogP contribution in [0.25, 0.3) is 0 Å². The van der Waals surface area contributed by atoms with Gasteiger partial charge in [0.05, 0.1) is 31.2 Å². The van der Waals surface area contributed by atoms with Crippen LogP contribution in [0.4, 0.5) is 0 Å². The molecule has 3 amide bonds. The van der Waals surface area contributed by atoms with Crippen molar-refractivity contribution in [2.24, 2.45) is 5.92 Å². The Kier molecular flexibility index (Phi) is 8.39. The zero-order valence-corrected chi connectivity index (χ0v) is 21.3. The molecular weight excluding hydrogens is 500 g/mol. The Hall–Kier alpha value is -3.93. The van der Waals surface area contributed by atoms with Crippen molar-refractivity contribution < 1.29 is 19.1 Å². The minimum Gasteiger partial charge on any atom is -0.491 e. The van der Waals surface area contributed by atoms with Crippen LogP contribution in [0.5, 0.6) is 5.75 Å². The number of nitrogens with one attached hydrogen (secondary N) is 4. The van der Waals surface area contributed by atoms with Crippen molar-refractivity contribution in [2.45, 2.75) is 51.9 Å². The van der Waals surface area contributed by atoms with Crippen LogP contribution in [0.1, 0.15) is 42.0 Å². The van der Waals surface area contributed by atoms with Crippen molar-refractivity contribution >= 4 is 29.3 Å². The third kappa shape index (κ3) is 7.06. The summed E-state index contributed by atoms with van der Waals surface area (Å²) in [6.45, 7) is 4.63. The standard InChI is InChI=1S/C24H29ClN8O4/c1-14(2)7-19-23(35)27-11-17-12-33(32-31-17)5-6-37-21-4-3-15(25)8-18(21)22(34)29-20(24(36)30-19)9-16-10-26-13-28-16/h3-4,8,10,12-14,19-20H,5-7,9,11H2,1-2H3,(H,26,28)(H,27,35)(H,29,34)(H,30,36)/t19-,20+/m1/s1. The zero-order valence-electron chi connectivity index (χ0n) is 20.5. The molecule has 0 saturated carbocycles. The number of aromatic amines is 1. The molecule has 4 rings (SSSR count). The van der Waals surface area contributed by atoms with Crippen molar-refractivity contribution in [3.05, 3.63) is 58.9 Å². The Morgan fingerprint density at radius 1 is 1.16 bits per heavy atom. The molecule has 2 aromatic heterocycles. The second-order valence-corrected chi connectivity index (χ2v) is 9.61. The van der Waals surface area contributed by atoms with Crippen molar-refractivity contribution in [3.8, 4) is 5.75 Å². The molecule has 4 N–H and O–H groups in total. The quantitative estimate of drug-likeness (QED) is 0.397. The van der Waals surface area contributed by atoms with E-state index < -0.39 is 23.9 Å². The molecule has 1 aliphatic rings. The van der Waals surface area contributed by atoms with Gasteiger partial charge in [-0.3, -0.25) is 14.4 Å². The predicted molar refractivity (Wildman–Crippen MR) is 134 cm³/mol. The summed E-state index contributed by atoms with van der Waals surface area (Å²) >= 11 is 6.17. The van der Waals surface area contributed by atoms with Gasteiger partial charge >= 0.3 is 0 Å². The number of aromatic nitrogens is 5.